The van der Waals surface area contributed by atoms with Crippen molar-refractivity contribution in [1.82, 2.24) is 9.80 Å². The Hall–Kier alpha value is -0.610. The number of nitrogens with zero attached hydrogens (tertiary/aromatic N) is 2. The van der Waals surface area contributed by atoms with Gasteiger partial charge in [0.05, 0.1) is 6.61 Å². The van der Waals surface area contributed by atoms with E-state index in [0.29, 0.717) is 18.0 Å². The molecular formula is C17H30N2O2. The zero-order chi connectivity index (χ0) is 14.8. The van der Waals surface area contributed by atoms with E-state index >= 15 is 0 Å². The maximum Gasteiger partial charge on any atom is 0.226 e. The van der Waals surface area contributed by atoms with Gasteiger partial charge in [-0.2, -0.15) is 0 Å². The number of hydrogen-bond donors (Lipinski definition) is 0. The number of piperidine rings is 2. The fraction of sp³-hybridized carbons (Fsp3) is 0.941. The topological polar surface area (TPSA) is 32.8 Å². The maximum absolute atomic E-state index is 12.9. The van der Waals surface area contributed by atoms with Crippen molar-refractivity contribution in [2.75, 3.05) is 33.4 Å². The molecular weight excluding hydrogens is 264 g/mol. The van der Waals surface area contributed by atoms with Crippen molar-refractivity contribution >= 4 is 5.91 Å². The van der Waals surface area contributed by atoms with Gasteiger partial charge in [-0.05, 0) is 57.5 Å². The number of fused-ring (bicyclic) bond motifs is 2. The zero-order valence-corrected chi connectivity index (χ0v) is 13.6. The summed E-state index contributed by atoms with van der Waals surface area (Å²) in [5, 5.41) is 0. The SMILES string of the molecule is COCCN1CCC(C(=O)N2C3CCC2CC(C)C3)CC1. The number of amides is 1. The Labute approximate surface area is 128 Å². The van der Waals surface area contributed by atoms with E-state index in [1.165, 1.54) is 25.7 Å². The molecule has 2 atom stereocenters. The van der Waals surface area contributed by atoms with Crippen LogP contribution in [0.4, 0.5) is 0 Å². The average Bonchev–Trinajstić information content (AvgIpc) is 2.77. The minimum absolute atomic E-state index is 0.278. The molecule has 2 bridgehead atoms. The first kappa shape index (κ1) is 15.3. The van der Waals surface area contributed by atoms with Gasteiger partial charge in [0.15, 0.2) is 0 Å². The Kier molecular flexibility index (Phi) is 4.85. The highest BCUT2D eigenvalue weighted by Gasteiger charge is 2.43. The minimum Gasteiger partial charge on any atom is -0.383 e. The van der Waals surface area contributed by atoms with Gasteiger partial charge in [-0.25, -0.2) is 0 Å². The molecule has 2 unspecified atom stereocenters. The first-order valence-electron chi connectivity index (χ1n) is 8.72. The first-order valence-corrected chi connectivity index (χ1v) is 8.72. The number of hydrogen-bond acceptors (Lipinski definition) is 3. The van der Waals surface area contributed by atoms with Gasteiger partial charge in [0, 0.05) is 31.7 Å². The summed E-state index contributed by atoms with van der Waals surface area (Å²) in [5.41, 5.74) is 0. The smallest absolute Gasteiger partial charge is 0.226 e. The summed E-state index contributed by atoms with van der Waals surface area (Å²) < 4.78 is 5.14. The molecule has 1 amide bonds. The van der Waals surface area contributed by atoms with Gasteiger partial charge >= 0.3 is 0 Å². The van der Waals surface area contributed by atoms with Crippen molar-refractivity contribution in [3.8, 4) is 0 Å². The summed E-state index contributed by atoms with van der Waals surface area (Å²) in [5.74, 6) is 1.56. The summed E-state index contributed by atoms with van der Waals surface area (Å²) >= 11 is 0. The third kappa shape index (κ3) is 3.26. The summed E-state index contributed by atoms with van der Waals surface area (Å²) in [6.45, 7) is 6.26. The molecule has 0 saturated carbocycles. The summed E-state index contributed by atoms with van der Waals surface area (Å²) in [6, 6.07) is 1.11. The molecule has 3 rings (SSSR count). The summed E-state index contributed by atoms with van der Waals surface area (Å²) in [7, 11) is 1.75. The van der Waals surface area contributed by atoms with Gasteiger partial charge < -0.3 is 14.5 Å². The molecule has 4 nitrogen and oxygen atoms in total. The number of ether oxygens (including phenoxy) is 1. The van der Waals surface area contributed by atoms with Crippen LogP contribution in [0.15, 0.2) is 0 Å². The minimum atomic E-state index is 0.278. The number of carbonyl (C=O) groups excluding carboxylic acids is 1. The van der Waals surface area contributed by atoms with Crippen LogP contribution in [0.25, 0.3) is 0 Å². The van der Waals surface area contributed by atoms with Crippen molar-refractivity contribution in [3.63, 3.8) is 0 Å². The maximum atomic E-state index is 12.9. The van der Waals surface area contributed by atoms with Gasteiger partial charge in [0.2, 0.25) is 5.91 Å². The molecule has 3 saturated heterocycles. The highest BCUT2D eigenvalue weighted by molar-refractivity contribution is 5.80. The molecule has 3 aliphatic rings. The van der Waals surface area contributed by atoms with Crippen LogP contribution in [0.3, 0.4) is 0 Å². The van der Waals surface area contributed by atoms with Crippen molar-refractivity contribution in [2.24, 2.45) is 11.8 Å². The second-order valence-electron chi connectivity index (χ2n) is 7.32. The van der Waals surface area contributed by atoms with Crippen LogP contribution in [-0.4, -0.2) is 61.1 Å². The third-order valence-corrected chi connectivity index (χ3v) is 5.77. The second kappa shape index (κ2) is 6.66. The highest BCUT2D eigenvalue weighted by atomic mass is 16.5. The van der Waals surface area contributed by atoms with Crippen LogP contribution >= 0.6 is 0 Å². The Morgan fingerprint density at radius 2 is 1.71 bits per heavy atom. The molecule has 0 N–H and O–H groups in total. The number of carbonyl (C=O) groups is 1. The molecule has 4 heteroatoms. The van der Waals surface area contributed by atoms with E-state index in [4.69, 9.17) is 4.74 Å². The molecule has 0 aromatic carbocycles. The van der Waals surface area contributed by atoms with E-state index in [1.807, 2.05) is 0 Å². The summed E-state index contributed by atoms with van der Waals surface area (Å²) in [6.07, 6.45) is 7.02. The average molecular weight is 294 g/mol. The van der Waals surface area contributed by atoms with Crippen molar-refractivity contribution in [1.29, 1.82) is 0 Å². The lowest BCUT2D eigenvalue weighted by molar-refractivity contribution is -0.142. The van der Waals surface area contributed by atoms with Gasteiger partial charge in [0.25, 0.3) is 0 Å². The normalized spacial score (nSPS) is 34.4. The van der Waals surface area contributed by atoms with E-state index in [9.17, 15) is 4.79 Å². The predicted octanol–water partition coefficient (Wildman–Crippen LogP) is 2.13. The molecule has 0 spiro atoms. The van der Waals surface area contributed by atoms with Crippen LogP contribution < -0.4 is 0 Å². The molecule has 120 valence electrons. The van der Waals surface area contributed by atoms with Crippen LogP contribution in [0.2, 0.25) is 0 Å². The van der Waals surface area contributed by atoms with Gasteiger partial charge in [-0.15, -0.1) is 0 Å². The molecule has 0 aliphatic carbocycles. The number of rotatable bonds is 4. The molecule has 21 heavy (non-hydrogen) atoms. The van der Waals surface area contributed by atoms with E-state index in [0.717, 1.165) is 45.0 Å². The standard InChI is InChI=1S/C17H30N2O2/c1-13-11-15-3-4-16(12-13)19(15)17(20)14-5-7-18(8-6-14)9-10-21-2/h13-16H,3-12H2,1-2H3. The summed E-state index contributed by atoms with van der Waals surface area (Å²) in [4.78, 5) is 17.7. The van der Waals surface area contributed by atoms with Gasteiger partial charge in [0.1, 0.15) is 0 Å². The monoisotopic (exact) mass is 294 g/mol. The Morgan fingerprint density at radius 3 is 2.29 bits per heavy atom. The third-order valence-electron chi connectivity index (χ3n) is 5.77. The van der Waals surface area contributed by atoms with Crippen molar-refractivity contribution < 1.29 is 9.53 Å². The van der Waals surface area contributed by atoms with Crippen LogP contribution in [0.5, 0.6) is 0 Å². The fourth-order valence-electron chi connectivity index (χ4n) is 4.64. The van der Waals surface area contributed by atoms with Crippen LogP contribution in [0, 0.1) is 11.8 Å². The van der Waals surface area contributed by atoms with Gasteiger partial charge in [-0.3, -0.25) is 4.79 Å². The lowest BCUT2D eigenvalue weighted by atomic mass is 9.89. The molecule has 3 heterocycles. The number of likely N-dealkylation sites (tertiary alicyclic amines) is 1. The first-order chi connectivity index (χ1) is 10.2. The molecule has 0 aromatic rings. The quantitative estimate of drug-likeness (QED) is 0.796. The Balaban J connectivity index is 1.53. The Morgan fingerprint density at radius 1 is 1.10 bits per heavy atom. The molecule has 0 aromatic heterocycles. The highest BCUT2D eigenvalue weighted by Crippen LogP contribution is 2.40. The predicted molar refractivity (Wildman–Crippen MR) is 83.1 cm³/mol. The van der Waals surface area contributed by atoms with Crippen molar-refractivity contribution in [2.45, 2.75) is 57.5 Å². The van der Waals surface area contributed by atoms with E-state index in [-0.39, 0.29) is 5.92 Å². The van der Waals surface area contributed by atoms with E-state index in [2.05, 4.69) is 16.7 Å². The van der Waals surface area contributed by atoms with Crippen molar-refractivity contribution in [3.05, 3.63) is 0 Å². The zero-order valence-electron chi connectivity index (χ0n) is 13.6. The van der Waals surface area contributed by atoms with Crippen LogP contribution in [-0.2, 0) is 9.53 Å². The largest absolute Gasteiger partial charge is 0.383 e. The molecule has 0 radical (unpaired) electrons. The Bertz CT molecular complexity index is 352. The van der Waals surface area contributed by atoms with E-state index in [1.54, 1.807) is 7.11 Å². The fourth-order valence-corrected chi connectivity index (χ4v) is 4.64. The molecule has 3 aliphatic heterocycles. The molecule has 3 fully saturated rings. The lowest BCUT2D eigenvalue weighted by Crippen LogP contribution is -2.50. The van der Waals surface area contributed by atoms with E-state index < -0.39 is 0 Å². The number of methoxy groups -OCH3 is 1. The second-order valence-corrected chi connectivity index (χ2v) is 7.32. The van der Waals surface area contributed by atoms with Crippen LogP contribution in [0.1, 0.15) is 45.4 Å². The van der Waals surface area contributed by atoms with Gasteiger partial charge in [-0.1, -0.05) is 6.92 Å². The lowest BCUT2D eigenvalue weighted by Gasteiger charge is -2.41.